The molecule has 4 aromatic carbocycles. The number of hydrogen-bond donors (Lipinski definition) is 0. The minimum atomic E-state index is -0.396. The zero-order chi connectivity index (χ0) is 24.5. The molecule has 0 aliphatic carbocycles. The lowest BCUT2D eigenvalue weighted by Crippen LogP contribution is -1.92. The van der Waals surface area contributed by atoms with Crippen LogP contribution in [-0.2, 0) is 0 Å². The van der Waals surface area contributed by atoms with Gasteiger partial charge in [0, 0.05) is 28.6 Å². The van der Waals surface area contributed by atoms with Gasteiger partial charge in [0.05, 0.1) is 4.92 Å². The van der Waals surface area contributed by atoms with Crippen molar-refractivity contribution in [1.82, 2.24) is 0 Å². The van der Waals surface area contributed by atoms with Gasteiger partial charge in [-0.05, 0) is 52.1 Å². The highest BCUT2D eigenvalue weighted by molar-refractivity contribution is 6.30. The molecule has 0 N–H and O–H groups in total. The fourth-order valence-corrected chi connectivity index (χ4v) is 3.36. The van der Waals surface area contributed by atoms with Gasteiger partial charge in [-0.1, -0.05) is 96.0 Å². The van der Waals surface area contributed by atoms with Gasteiger partial charge in [-0.25, -0.2) is 0 Å². The maximum Gasteiger partial charge on any atom is 0.243 e. The van der Waals surface area contributed by atoms with E-state index in [1.807, 2.05) is 84.9 Å². The van der Waals surface area contributed by atoms with Crippen molar-refractivity contribution >= 4 is 35.6 Å². The van der Waals surface area contributed by atoms with Crippen LogP contribution in [-0.4, -0.2) is 11.2 Å². The quantitative estimate of drug-likeness (QED) is 0.160. The highest BCUT2D eigenvalue weighted by atomic mass is 35.5. The van der Waals surface area contributed by atoms with E-state index in [9.17, 15) is 14.9 Å². The summed E-state index contributed by atoms with van der Waals surface area (Å²) in [5, 5.41) is 12.0. The fraction of sp³-hybridized carbons (Fsp3) is 0.0357. The smallest absolute Gasteiger partial charge is 0.243 e. The summed E-state index contributed by atoms with van der Waals surface area (Å²) in [5.41, 5.74) is 5.91. The number of hydrogen-bond acceptors (Lipinski definition) is 3. The first kappa shape index (κ1) is 24.9. The van der Waals surface area contributed by atoms with Crippen molar-refractivity contribution in [3.8, 4) is 22.3 Å². The lowest BCUT2D eigenvalue weighted by Gasteiger charge is -2.02. The summed E-state index contributed by atoms with van der Waals surface area (Å²) in [6.45, 7) is 1.48. The molecule has 4 rings (SSSR count). The van der Waals surface area contributed by atoms with Crippen molar-refractivity contribution in [3.05, 3.63) is 134 Å². The molecule has 0 atom stereocenters. The third kappa shape index (κ3) is 7.14. The first-order valence-corrected chi connectivity index (χ1v) is 11.1. The first-order chi connectivity index (χ1) is 16.4. The maximum atomic E-state index is 10.5. The maximum absolute atomic E-state index is 10.5. The number of carbonyl (C=O) groups excluding carboxylic acids is 1. The number of carbonyl (C=O) groups is 1. The zero-order valence-corrected chi connectivity index (χ0v) is 19.8. The largest absolute Gasteiger partial charge is 0.298 e. The molecule has 6 heteroatoms. The Labute approximate surface area is 208 Å². The van der Waals surface area contributed by atoms with E-state index in [1.54, 1.807) is 18.2 Å². The average Bonchev–Trinajstić information content (AvgIpc) is 2.86. The molecule has 0 saturated carbocycles. The summed E-state index contributed by atoms with van der Waals surface area (Å²) in [4.78, 5) is 20.6. The molecule has 170 valence electrons. The molecule has 0 amide bonds. The topological polar surface area (TPSA) is 60.2 Å². The zero-order valence-electron chi connectivity index (χ0n) is 18.3. The number of nitrogens with zero attached hydrogens (tertiary/aromatic N) is 1. The van der Waals surface area contributed by atoms with Crippen molar-refractivity contribution in [3.63, 3.8) is 0 Å². The molecule has 4 aromatic rings. The minimum Gasteiger partial charge on any atom is -0.298 e. The van der Waals surface area contributed by atoms with Gasteiger partial charge in [0.25, 0.3) is 0 Å². The van der Waals surface area contributed by atoms with Crippen molar-refractivity contribution < 1.29 is 9.72 Å². The van der Waals surface area contributed by atoms with Crippen LogP contribution in [0.1, 0.15) is 22.8 Å². The molecule has 0 heterocycles. The standard InChI is InChI=1S/C15H12ClNO2.C13H9ClO/c1-11(17(18)19)10-12-2-4-13(5-3-12)14-6-8-15(16)9-7-14;14-13-7-5-12(6-8-13)11-3-1-10(9-15)2-4-11/h2-10H,1H3;1-9H. The third-order valence-corrected chi connectivity index (χ3v) is 5.48. The Morgan fingerprint density at radius 3 is 1.29 bits per heavy atom. The number of allylic oxidation sites excluding steroid dienone is 1. The summed E-state index contributed by atoms with van der Waals surface area (Å²) in [5.74, 6) is 0. The Kier molecular flexibility index (Phi) is 8.74. The molecule has 0 spiro atoms. The van der Waals surface area contributed by atoms with E-state index in [1.165, 1.54) is 6.92 Å². The van der Waals surface area contributed by atoms with Crippen molar-refractivity contribution in [1.29, 1.82) is 0 Å². The van der Waals surface area contributed by atoms with Gasteiger partial charge in [0.15, 0.2) is 0 Å². The minimum absolute atomic E-state index is 0.124. The molecular weight excluding hydrogens is 469 g/mol. The number of benzene rings is 4. The van der Waals surface area contributed by atoms with E-state index >= 15 is 0 Å². The van der Waals surface area contributed by atoms with E-state index in [-0.39, 0.29) is 5.70 Å². The number of rotatable bonds is 5. The molecule has 0 unspecified atom stereocenters. The van der Waals surface area contributed by atoms with Gasteiger partial charge in [0.1, 0.15) is 6.29 Å². The van der Waals surface area contributed by atoms with Crippen LogP contribution in [0.3, 0.4) is 0 Å². The SMILES string of the molecule is CC(=Cc1ccc(-c2ccc(Cl)cc2)cc1)[N+](=O)[O-].O=Cc1ccc(-c2ccc(Cl)cc2)cc1. The van der Waals surface area contributed by atoms with Crippen molar-refractivity contribution in [2.45, 2.75) is 6.92 Å². The van der Waals surface area contributed by atoms with Gasteiger partial charge in [-0.2, -0.15) is 0 Å². The van der Waals surface area contributed by atoms with Crippen LogP contribution in [0.15, 0.2) is 103 Å². The highest BCUT2D eigenvalue weighted by Gasteiger charge is 2.03. The summed E-state index contributed by atoms with van der Waals surface area (Å²) >= 11 is 11.6. The van der Waals surface area contributed by atoms with Crippen LogP contribution >= 0.6 is 23.2 Å². The number of aldehydes is 1. The van der Waals surface area contributed by atoms with Gasteiger partial charge < -0.3 is 0 Å². The normalized spacial score (nSPS) is 10.7. The van der Waals surface area contributed by atoms with E-state index in [4.69, 9.17) is 23.2 Å². The Morgan fingerprint density at radius 1 is 0.647 bits per heavy atom. The molecule has 0 aliphatic heterocycles. The molecule has 0 aromatic heterocycles. The Balaban J connectivity index is 0.000000196. The fourth-order valence-electron chi connectivity index (χ4n) is 3.10. The van der Waals surface area contributed by atoms with Crippen LogP contribution < -0.4 is 0 Å². The number of nitro groups is 1. The van der Waals surface area contributed by atoms with E-state index in [0.29, 0.717) is 10.6 Å². The second kappa shape index (κ2) is 11.9. The Hall–Kier alpha value is -3.73. The second-order valence-electron chi connectivity index (χ2n) is 7.42. The monoisotopic (exact) mass is 489 g/mol. The highest BCUT2D eigenvalue weighted by Crippen LogP contribution is 2.23. The molecule has 0 radical (unpaired) electrons. The summed E-state index contributed by atoms with van der Waals surface area (Å²) in [7, 11) is 0. The van der Waals surface area contributed by atoms with Crippen LogP contribution in [0.4, 0.5) is 0 Å². The Bertz CT molecular complexity index is 1280. The molecule has 34 heavy (non-hydrogen) atoms. The average molecular weight is 490 g/mol. The van der Waals surface area contributed by atoms with Crippen molar-refractivity contribution in [2.24, 2.45) is 0 Å². The molecule has 4 nitrogen and oxygen atoms in total. The van der Waals surface area contributed by atoms with Crippen LogP contribution in [0.2, 0.25) is 10.0 Å². The van der Waals surface area contributed by atoms with Gasteiger partial charge >= 0.3 is 0 Å². The summed E-state index contributed by atoms with van der Waals surface area (Å²) in [6.07, 6.45) is 2.39. The summed E-state index contributed by atoms with van der Waals surface area (Å²) in [6, 6.07) is 30.2. The van der Waals surface area contributed by atoms with E-state index < -0.39 is 4.92 Å². The molecule has 0 fully saturated rings. The molecule has 0 aliphatic rings. The summed E-state index contributed by atoms with van der Waals surface area (Å²) < 4.78 is 0. The van der Waals surface area contributed by atoms with E-state index in [2.05, 4.69) is 0 Å². The van der Waals surface area contributed by atoms with Gasteiger partial charge in [-0.3, -0.25) is 14.9 Å². The van der Waals surface area contributed by atoms with Crippen LogP contribution in [0.5, 0.6) is 0 Å². The first-order valence-electron chi connectivity index (χ1n) is 10.4. The van der Waals surface area contributed by atoms with Crippen LogP contribution in [0, 0.1) is 10.1 Å². The lowest BCUT2D eigenvalue weighted by molar-refractivity contribution is -0.422. The van der Waals surface area contributed by atoms with E-state index in [0.717, 1.165) is 39.1 Å². The second-order valence-corrected chi connectivity index (χ2v) is 8.29. The predicted molar refractivity (Wildman–Crippen MR) is 140 cm³/mol. The molecule has 0 saturated heterocycles. The molecule has 0 bridgehead atoms. The van der Waals surface area contributed by atoms with Gasteiger partial charge in [-0.15, -0.1) is 0 Å². The van der Waals surface area contributed by atoms with Crippen LogP contribution in [0.25, 0.3) is 28.3 Å². The lowest BCUT2D eigenvalue weighted by atomic mass is 10.0. The third-order valence-electron chi connectivity index (χ3n) is 4.98. The van der Waals surface area contributed by atoms with Gasteiger partial charge in [0.2, 0.25) is 5.70 Å². The Morgan fingerprint density at radius 2 is 0.971 bits per heavy atom. The number of halogens is 2. The predicted octanol–water partition coefficient (Wildman–Crippen LogP) is 8.46. The molecular formula is C28H21Cl2NO3. The van der Waals surface area contributed by atoms with Crippen molar-refractivity contribution in [2.75, 3.05) is 0 Å².